The van der Waals surface area contributed by atoms with Crippen molar-refractivity contribution in [3.63, 3.8) is 0 Å². The zero-order valence-corrected chi connectivity index (χ0v) is 21.8. The van der Waals surface area contributed by atoms with Gasteiger partial charge in [-0.05, 0) is 25.2 Å². The number of carboxylic acid groups (broad SMARTS) is 3. The van der Waals surface area contributed by atoms with Crippen molar-refractivity contribution in [2.24, 2.45) is 39.6 Å². The van der Waals surface area contributed by atoms with E-state index in [0.717, 1.165) is 0 Å². The van der Waals surface area contributed by atoms with Gasteiger partial charge in [-0.3, -0.25) is 19.4 Å². The van der Waals surface area contributed by atoms with Crippen molar-refractivity contribution in [3.05, 3.63) is 0 Å². The first-order valence-corrected chi connectivity index (χ1v) is 7.79. The van der Waals surface area contributed by atoms with Crippen molar-refractivity contribution in [3.8, 4) is 0 Å². The maximum atomic E-state index is 10.2. The van der Waals surface area contributed by atoms with Crippen LogP contribution >= 0.6 is 0 Å². The Bertz CT molecular complexity index is 463. The SMILES string of the molecule is CC(C)CC(N)C(=O)O.NC(N)=NCCCC(N)C(=O)O.NCC(=O)O.[Ca+2].[H-].[H-].[Zn]. The van der Waals surface area contributed by atoms with E-state index < -0.39 is 30.0 Å². The molecule has 0 aliphatic rings. The summed E-state index contributed by atoms with van der Waals surface area (Å²) in [5, 5.41) is 24.3. The fraction of sp³-hybridized carbons (Fsp3) is 0.714. The fourth-order valence-electron chi connectivity index (χ4n) is 1.25. The van der Waals surface area contributed by atoms with Crippen LogP contribution in [0, 0.1) is 5.92 Å². The van der Waals surface area contributed by atoms with Gasteiger partial charge in [0.1, 0.15) is 12.1 Å². The molecule has 0 aliphatic heterocycles. The molecule has 12 nitrogen and oxygen atoms in total. The number of carbonyl (C=O) groups is 3. The molecule has 0 fully saturated rings. The van der Waals surface area contributed by atoms with E-state index >= 15 is 0 Å². The first-order chi connectivity index (χ1) is 11.8. The van der Waals surface area contributed by atoms with Crippen LogP contribution in [-0.4, -0.2) is 102 Å². The molecule has 0 aromatic heterocycles. The smallest absolute Gasteiger partial charge is 1.00 e. The van der Waals surface area contributed by atoms with Crippen LogP contribution in [0.4, 0.5) is 0 Å². The number of guanidine groups is 1. The van der Waals surface area contributed by atoms with Gasteiger partial charge in [-0.15, -0.1) is 0 Å². The second kappa shape index (κ2) is 24.5. The summed E-state index contributed by atoms with van der Waals surface area (Å²) in [5.41, 5.74) is 25.1. The van der Waals surface area contributed by atoms with Gasteiger partial charge in [0, 0.05) is 26.0 Å². The summed E-state index contributed by atoms with van der Waals surface area (Å²) in [6, 6.07) is -1.51. The Balaban J connectivity index is -0.0000000530. The molecule has 2 atom stereocenters. The molecule has 0 radical (unpaired) electrons. The van der Waals surface area contributed by atoms with E-state index in [2.05, 4.69) is 10.7 Å². The standard InChI is InChI=1S/C6H14N4O2.C6H13NO2.C2H5NO2.Ca.Zn.2H/c7-4(5(11)12)2-1-3-10-6(8)9;1-4(2)3-5(7)6(8)9;3-1-2(4)5;;;;/h4H,1-3,7H2,(H,11,12)(H4,8,9,10);4-5H,3,7H2,1-2H3,(H,8,9);1,3H2,(H,4,5);;;;/q;;;+2;;2*-1. The molecule has 14 heteroatoms. The van der Waals surface area contributed by atoms with E-state index in [9.17, 15) is 14.4 Å². The molecule has 0 saturated heterocycles. The maximum absolute atomic E-state index is 10.2. The van der Waals surface area contributed by atoms with Gasteiger partial charge < -0.3 is 46.8 Å². The molecule has 0 aromatic rings. The molecule has 0 heterocycles. The summed E-state index contributed by atoms with van der Waals surface area (Å²) in [7, 11) is 0. The number of aliphatic carboxylic acids is 3. The Morgan fingerprint density at radius 3 is 1.61 bits per heavy atom. The molecule has 0 aliphatic carbocycles. The molecule has 2 unspecified atom stereocenters. The summed E-state index contributed by atoms with van der Waals surface area (Å²) in [5.74, 6) is -2.51. The van der Waals surface area contributed by atoms with Crippen molar-refractivity contribution in [2.45, 2.75) is 45.2 Å². The van der Waals surface area contributed by atoms with Crippen molar-refractivity contribution >= 4 is 61.6 Å². The third-order valence-electron chi connectivity index (χ3n) is 2.50. The first-order valence-electron chi connectivity index (χ1n) is 7.79. The van der Waals surface area contributed by atoms with E-state index in [0.29, 0.717) is 31.7 Å². The van der Waals surface area contributed by atoms with Crippen LogP contribution < -0.4 is 28.7 Å². The molecule has 160 valence electrons. The first kappa shape index (κ1) is 38.1. The number of nitrogens with zero attached hydrogens (tertiary/aromatic N) is 1. The summed E-state index contributed by atoms with van der Waals surface area (Å²) >= 11 is 0. The van der Waals surface area contributed by atoms with Crippen LogP contribution in [0.1, 0.15) is 36.0 Å². The van der Waals surface area contributed by atoms with Crippen LogP contribution in [0.2, 0.25) is 0 Å². The molecule has 0 bridgehead atoms. The minimum Gasteiger partial charge on any atom is -1.00 e. The van der Waals surface area contributed by atoms with Gasteiger partial charge in [-0.25, -0.2) is 0 Å². The average Bonchev–Trinajstić information content (AvgIpc) is 2.51. The minimum atomic E-state index is -1.00. The predicted molar refractivity (Wildman–Crippen MR) is 105 cm³/mol. The monoisotopic (exact) mass is 486 g/mol. The molecule has 0 rings (SSSR count). The Morgan fingerprint density at radius 2 is 1.39 bits per heavy atom. The van der Waals surface area contributed by atoms with Crippen LogP contribution in [-0.2, 0) is 33.9 Å². The third-order valence-corrected chi connectivity index (χ3v) is 2.50. The maximum Gasteiger partial charge on any atom is 2.00 e. The van der Waals surface area contributed by atoms with Gasteiger partial charge in [0.2, 0.25) is 0 Å². The van der Waals surface area contributed by atoms with E-state index in [1.807, 2.05) is 13.8 Å². The van der Waals surface area contributed by atoms with E-state index in [4.69, 9.17) is 38.3 Å². The van der Waals surface area contributed by atoms with Crippen molar-refractivity contribution < 1.29 is 52.0 Å². The second-order valence-electron chi connectivity index (χ2n) is 5.57. The third kappa shape index (κ3) is 36.4. The molecule has 0 saturated carbocycles. The second-order valence-corrected chi connectivity index (χ2v) is 5.57. The number of rotatable bonds is 9. The van der Waals surface area contributed by atoms with Crippen LogP contribution in [0.25, 0.3) is 0 Å². The van der Waals surface area contributed by atoms with Crippen molar-refractivity contribution in [1.82, 2.24) is 0 Å². The van der Waals surface area contributed by atoms with Gasteiger partial charge in [0.25, 0.3) is 0 Å². The quantitative estimate of drug-likeness (QED) is 0.0746. The Morgan fingerprint density at radius 1 is 1.00 bits per heavy atom. The zero-order valence-electron chi connectivity index (χ0n) is 18.6. The zero-order chi connectivity index (χ0) is 21.3. The van der Waals surface area contributed by atoms with Gasteiger partial charge >= 0.3 is 55.6 Å². The predicted octanol–water partition coefficient (Wildman–Crippen LogP) is -2.23. The van der Waals surface area contributed by atoms with E-state index in [1.165, 1.54) is 0 Å². The molecule has 0 aromatic carbocycles. The van der Waals surface area contributed by atoms with Crippen molar-refractivity contribution in [1.29, 1.82) is 0 Å². The number of hydrogen-bond donors (Lipinski definition) is 8. The van der Waals surface area contributed by atoms with E-state index in [1.54, 1.807) is 0 Å². The number of carboxylic acids is 3. The molecule has 13 N–H and O–H groups in total. The molecular weight excluding hydrogens is 454 g/mol. The largest absolute Gasteiger partial charge is 2.00 e. The molecule has 0 spiro atoms. The van der Waals surface area contributed by atoms with Crippen LogP contribution in [0.3, 0.4) is 0 Å². The fourth-order valence-corrected chi connectivity index (χ4v) is 1.25. The number of aliphatic imine (C=N–C) groups is 1. The van der Waals surface area contributed by atoms with Crippen LogP contribution in [0.5, 0.6) is 0 Å². The summed E-state index contributed by atoms with van der Waals surface area (Å²) in [4.78, 5) is 33.2. The van der Waals surface area contributed by atoms with Crippen molar-refractivity contribution in [2.75, 3.05) is 13.1 Å². The van der Waals surface area contributed by atoms with Gasteiger partial charge in [0.05, 0.1) is 6.54 Å². The number of nitrogens with two attached hydrogens (primary N) is 5. The molecular formula is C14H34CaN6O6Zn. The summed E-state index contributed by atoms with van der Waals surface area (Å²) in [6.07, 6.45) is 1.51. The topological polar surface area (TPSA) is 254 Å². The van der Waals surface area contributed by atoms with Gasteiger partial charge in [-0.2, -0.15) is 0 Å². The Hall–Kier alpha value is -0.557. The molecule has 0 amide bonds. The van der Waals surface area contributed by atoms with Crippen LogP contribution in [0.15, 0.2) is 4.99 Å². The normalized spacial score (nSPS) is 10.9. The number of hydrogen-bond acceptors (Lipinski definition) is 7. The minimum absolute atomic E-state index is 0. The van der Waals surface area contributed by atoms with Gasteiger partial charge in [-0.1, -0.05) is 13.8 Å². The van der Waals surface area contributed by atoms with Gasteiger partial charge in [0.15, 0.2) is 5.96 Å². The summed E-state index contributed by atoms with van der Waals surface area (Å²) < 4.78 is 0. The van der Waals surface area contributed by atoms with E-state index in [-0.39, 0.29) is 72.6 Å². The summed E-state index contributed by atoms with van der Waals surface area (Å²) in [6.45, 7) is 4.04. The average molecular weight is 488 g/mol. The molecule has 28 heavy (non-hydrogen) atoms. The Labute approximate surface area is 210 Å². The Kier molecular flexibility index (Phi) is 33.3.